The molecule has 1 aromatic heterocycles. The van der Waals surface area contributed by atoms with Crippen molar-refractivity contribution in [3.63, 3.8) is 0 Å². The van der Waals surface area contributed by atoms with E-state index in [0.29, 0.717) is 10.0 Å². The molecule has 2 aromatic rings. The molecule has 0 saturated carbocycles. The molecular weight excluding hydrogens is 347 g/mol. The highest BCUT2D eigenvalue weighted by molar-refractivity contribution is 9.10. The van der Waals surface area contributed by atoms with E-state index in [4.69, 9.17) is 0 Å². The zero-order chi connectivity index (χ0) is 14.9. The number of pyridine rings is 1. The molecule has 0 radical (unpaired) electrons. The van der Waals surface area contributed by atoms with Crippen LogP contribution >= 0.6 is 15.9 Å². The van der Waals surface area contributed by atoms with Gasteiger partial charge in [-0.05, 0) is 23.8 Å². The molecule has 20 heavy (non-hydrogen) atoms. The number of aromatic nitrogens is 1. The first kappa shape index (κ1) is 14.7. The lowest BCUT2D eigenvalue weighted by Gasteiger charge is -2.10. The first-order valence-electron chi connectivity index (χ1n) is 5.28. The molecule has 0 spiro atoms. The molecule has 2 nitrogen and oxygen atoms in total. The Morgan fingerprint density at radius 1 is 1.00 bits per heavy atom. The fourth-order valence-corrected chi connectivity index (χ4v) is 1.89. The molecule has 0 aliphatic rings. The number of hydrogen-bond acceptors (Lipinski definition) is 2. The van der Waals surface area contributed by atoms with Crippen LogP contribution in [0.1, 0.15) is 5.56 Å². The number of anilines is 1. The van der Waals surface area contributed by atoms with Crippen LogP contribution in [0.5, 0.6) is 0 Å². The van der Waals surface area contributed by atoms with Crippen LogP contribution in [0, 0.1) is 29.3 Å². The summed E-state index contributed by atoms with van der Waals surface area (Å²) < 4.78 is 65.9. The van der Waals surface area contributed by atoms with E-state index < -0.39 is 35.0 Å². The van der Waals surface area contributed by atoms with Gasteiger partial charge in [0.1, 0.15) is 11.5 Å². The highest BCUT2D eigenvalue weighted by Crippen LogP contribution is 2.24. The average molecular weight is 353 g/mol. The third-order valence-corrected chi connectivity index (χ3v) is 3.23. The van der Waals surface area contributed by atoms with Crippen LogP contribution in [0.3, 0.4) is 0 Å². The summed E-state index contributed by atoms with van der Waals surface area (Å²) in [5.41, 5.74) is -0.674. The smallest absolute Gasteiger partial charge is 0.253 e. The topological polar surface area (TPSA) is 24.9 Å². The van der Waals surface area contributed by atoms with Gasteiger partial charge in [-0.25, -0.2) is 4.39 Å². The third-order valence-electron chi connectivity index (χ3n) is 2.46. The molecule has 0 fully saturated rings. The zero-order valence-corrected chi connectivity index (χ0v) is 11.2. The lowest BCUT2D eigenvalue weighted by molar-refractivity contribution is 0.410. The van der Waals surface area contributed by atoms with Crippen molar-refractivity contribution in [1.29, 1.82) is 0 Å². The highest BCUT2D eigenvalue weighted by atomic mass is 79.9. The summed E-state index contributed by atoms with van der Waals surface area (Å²) in [6.07, 6.45) is 0. The summed E-state index contributed by atoms with van der Waals surface area (Å²) in [4.78, 5) is 2.43. The summed E-state index contributed by atoms with van der Waals surface area (Å²) in [5.74, 6) is -7.36. The number of nitrogens with one attached hydrogen (secondary N) is 1. The minimum atomic E-state index is -1.76. The van der Waals surface area contributed by atoms with Crippen LogP contribution in [0.4, 0.5) is 27.6 Å². The molecule has 0 saturated heterocycles. The van der Waals surface area contributed by atoms with Gasteiger partial charge in [-0.2, -0.15) is 22.5 Å². The maximum atomic E-state index is 13.3. The Kier molecular flexibility index (Phi) is 4.22. The standard InChI is InChI=1S/C12H6BrF5N2/c13-7-2-1-6(14)3-5(7)4-19-10-8(15)11(17)20-12(18)9(10)16/h1-3H,4H2,(H,19,20). The molecule has 0 atom stereocenters. The van der Waals surface area contributed by atoms with Crippen molar-refractivity contribution in [2.75, 3.05) is 5.32 Å². The number of rotatable bonds is 3. The van der Waals surface area contributed by atoms with Crippen LogP contribution < -0.4 is 5.32 Å². The summed E-state index contributed by atoms with van der Waals surface area (Å²) in [7, 11) is 0. The van der Waals surface area contributed by atoms with Crippen molar-refractivity contribution >= 4 is 21.6 Å². The fourth-order valence-electron chi connectivity index (χ4n) is 1.50. The minimum absolute atomic E-state index is 0.241. The number of hydrogen-bond donors (Lipinski definition) is 1. The molecule has 0 unspecified atom stereocenters. The van der Waals surface area contributed by atoms with Gasteiger partial charge in [0.2, 0.25) is 11.6 Å². The lowest BCUT2D eigenvalue weighted by atomic mass is 10.2. The molecule has 1 heterocycles. The molecule has 2 rings (SSSR count). The summed E-state index contributed by atoms with van der Waals surface area (Å²) in [6, 6.07) is 3.69. The predicted octanol–water partition coefficient (Wildman–Crippen LogP) is 4.15. The second-order valence-electron chi connectivity index (χ2n) is 3.79. The molecule has 1 N–H and O–H groups in total. The van der Waals surface area contributed by atoms with E-state index >= 15 is 0 Å². The van der Waals surface area contributed by atoms with Gasteiger partial charge in [0.15, 0.2) is 0 Å². The van der Waals surface area contributed by atoms with Gasteiger partial charge in [-0.3, -0.25) is 0 Å². The first-order chi connectivity index (χ1) is 9.40. The second kappa shape index (κ2) is 5.74. The van der Waals surface area contributed by atoms with Crippen LogP contribution in [-0.2, 0) is 6.54 Å². The van der Waals surface area contributed by atoms with Gasteiger partial charge in [-0.15, -0.1) is 0 Å². The van der Waals surface area contributed by atoms with E-state index in [1.165, 1.54) is 12.1 Å². The van der Waals surface area contributed by atoms with Crippen LogP contribution in [0.15, 0.2) is 22.7 Å². The van der Waals surface area contributed by atoms with E-state index in [1.54, 1.807) is 0 Å². The van der Waals surface area contributed by atoms with Crippen LogP contribution in [-0.4, -0.2) is 4.98 Å². The zero-order valence-electron chi connectivity index (χ0n) is 9.65. The van der Waals surface area contributed by atoms with Crippen LogP contribution in [0.25, 0.3) is 0 Å². The summed E-state index contributed by atoms with van der Waals surface area (Å²) in [6.45, 7) is -0.241. The SMILES string of the molecule is Fc1ccc(Br)c(CNc2c(F)c(F)nc(F)c2F)c1. The van der Waals surface area contributed by atoms with Crippen molar-refractivity contribution in [3.8, 4) is 0 Å². The largest absolute Gasteiger partial charge is 0.376 e. The van der Waals surface area contributed by atoms with E-state index in [1.807, 2.05) is 0 Å². The Bertz CT molecular complexity index is 637. The van der Waals surface area contributed by atoms with E-state index in [-0.39, 0.29) is 6.54 Å². The summed E-state index contributed by atoms with van der Waals surface area (Å²) in [5, 5.41) is 2.18. The number of benzene rings is 1. The molecule has 0 aliphatic heterocycles. The van der Waals surface area contributed by atoms with Crippen molar-refractivity contribution in [3.05, 3.63) is 57.6 Å². The van der Waals surface area contributed by atoms with E-state index in [0.717, 1.165) is 6.07 Å². The third kappa shape index (κ3) is 2.90. The molecule has 0 bridgehead atoms. The maximum absolute atomic E-state index is 13.3. The van der Waals surface area contributed by atoms with E-state index in [9.17, 15) is 22.0 Å². The maximum Gasteiger partial charge on any atom is 0.253 e. The van der Waals surface area contributed by atoms with Gasteiger partial charge in [0.25, 0.3) is 11.9 Å². The average Bonchev–Trinajstić information content (AvgIpc) is 2.40. The van der Waals surface area contributed by atoms with Gasteiger partial charge in [0.05, 0.1) is 0 Å². The molecule has 8 heteroatoms. The molecular formula is C12H6BrF5N2. The minimum Gasteiger partial charge on any atom is -0.376 e. The Labute approximate surface area is 118 Å². The van der Waals surface area contributed by atoms with Crippen LogP contribution in [0.2, 0.25) is 0 Å². The number of halogens is 6. The van der Waals surface area contributed by atoms with Gasteiger partial charge >= 0.3 is 0 Å². The summed E-state index contributed by atoms with van der Waals surface area (Å²) >= 11 is 3.12. The predicted molar refractivity (Wildman–Crippen MR) is 65.5 cm³/mol. The van der Waals surface area contributed by atoms with Crippen molar-refractivity contribution in [2.24, 2.45) is 0 Å². The Hall–Kier alpha value is -1.70. The van der Waals surface area contributed by atoms with Crippen molar-refractivity contribution < 1.29 is 22.0 Å². The molecule has 0 amide bonds. The Morgan fingerprint density at radius 2 is 1.60 bits per heavy atom. The highest BCUT2D eigenvalue weighted by Gasteiger charge is 2.20. The quantitative estimate of drug-likeness (QED) is 0.663. The second-order valence-corrected chi connectivity index (χ2v) is 4.64. The normalized spacial score (nSPS) is 10.7. The molecule has 0 aliphatic carbocycles. The van der Waals surface area contributed by atoms with Crippen molar-refractivity contribution in [1.82, 2.24) is 4.98 Å². The van der Waals surface area contributed by atoms with Gasteiger partial charge < -0.3 is 5.32 Å². The monoisotopic (exact) mass is 352 g/mol. The Balaban J connectivity index is 2.30. The van der Waals surface area contributed by atoms with Gasteiger partial charge in [-0.1, -0.05) is 15.9 Å². The first-order valence-corrected chi connectivity index (χ1v) is 6.07. The van der Waals surface area contributed by atoms with E-state index in [2.05, 4.69) is 26.2 Å². The lowest BCUT2D eigenvalue weighted by Crippen LogP contribution is -2.09. The van der Waals surface area contributed by atoms with Gasteiger partial charge in [0, 0.05) is 11.0 Å². The molecule has 1 aromatic carbocycles. The molecule has 106 valence electrons. The fraction of sp³-hybridized carbons (Fsp3) is 0.0833. The number of nitrogens with zero attached hydrogens (tertiary/aromatic N) is 1. The van der Waals surface area contributed by atoms with Crippen molar-refractivity contribution in [2.45, 2.75) is 6.54 Å². The Morgan fingerprint density at radius 3 is 2.20 bits per heavy atom.